The molecule has 1 N–H and O–H groups in total. The van der Waals surface area contributed by atoms with Crippen molar-refractivity contribution in [2.24, 2.45) is 5.92 Å². The first kappa shape index (κ1) is 14.3. The van der Waals surface area contributed by atoms with Crippen LogP contribution in [0.15, 0.2) is 59.5 Å². The molecule has 0 heterocycles. The fourth-order valence-corrected chi connectivity index (χ4v) is 5.18. The number of sulfone groups is 1. The van der Waals surface area contributed by atoms with E-state index in [0.29, 0.717) is 4.90 Å². The van der Waals surface area contributed by atoms with Crippen molar-refractivity contribution in [1.82, 2.24) is 0 Å². The van der Waals surface area contributed by atoms with E-state index in [4.69, 9.17) is 0 Å². The lowest BCUT2D eigenvalue weighted by atomic mass is 10.1. The molecule has 4 heteroatoms. The Bertz CT molecular complexity index is 720. The molecule has 0 spiro atoms. The summed E-state index contributed by atoms with van der Waals surface area (Å²) in [6.07, 6.45) is 0. The molecular weight excluding hydrogens is 284 g/mol. The van der Waals surface area contributed by atoms with Crippen LogP contribution in [0.4, 0.5) is 0 Å². The molecule has 1 aliphatic carbocycles. The van der Waals surface area contributed by atoms with Gasteiger partial charge < -0.3 is 5.11 Å². The zero-order valence-corrected chi connectivity index (χ0v) is 12.6. The largest absolute Gasteiger partial charge is 0.396 e. The summed E-state index contributed by atoms with van der Waals surface area (Å²) in [5.41, 5.74) is 2.01. The average molecular weight is 302 g/mol. The van der Waals surface area contributed by atoms with E-state index in [1.54, 1.807) is 24.3 Å². The topological polar surface area (TPSA) is 54.4 Å². The van der Waals surface area contributed by atoms with Crippen molar-refractivity contribution in [3.05, 3.63) is 65.7 Å². The molecule has 0 radical (unpaired) electrons. The highest BCUT2D eigenvalue weighted by atomic mass is 32.2. The van der Waals surface area contributed by atoms with E-state index in [2.05, 4.69) is 0 Å². The Morgan fingerprint density at radius 3 is 2.19 bits per heavy atom. The highest BCUT2D eigenvalue weighted by Crippen LogP contribution is 2.53. The molecule has 0 bridgehead atoms. The lowest BCUT2D eigenvalue weighted by Crippen LogP contribution is -2.11. The van der Waals surface area contributed by atoms with Crippen LogP contribution in [-0.4, -0.2) is 25.4 Å². The SMILES string of the molecule is Cc1ccc(S(=O)(=O)C2C(CO)C2c2ccccc2)cc1. The van der Waals surface area contributed by atoms with E-state index < -0.39 is 15.1 Å². The summed E-state index contributed by atoms with van der Waals surface area (Å²) in [6.45, 7) is 1.83. The third-order valence-electron chi connectivity index (χ3n) is 4.20. The minimum Gasteiger partial charge on any atom is -0.396 e. The third-order valence-corrected chi connectivity index (χ3v) is 6.49. The van der Waals surface area contributed by atoms with Crippen LogP contribution < -0.4 is 0 Å². The minimum absolute atomic E-state index is 0.102. The normalized spacial score (nSPS) is 24.8. The van der Waals surface area contributed by atoms with E-state index in [9.17, 15) is 13.5 Å². The first-order chi connectivity index (χ1) is 10.1. The lowest BCUT2D eigenvalue weighted by molar-refractivity contribution is 0.274. The number of aryl methyl sites for hydroxylation is 1. The second kappa shape index (κ2) is 5.28. The Morgan fingerprint density at radius 2 is 1.62 bits per heavy atom. The van der Waals surface area contributed by atoms with Gasteiger partial charge in [0.2, 0.25) is 0 Å². The molecule has 2 aromatic carbocycles. The van der Waals surface area contributed by atoms with E-state index in [1.807, 2.05) is 37.3 Å². The molecule has 0 saturated heterocycles. The van der Waals surface area contributed by atoms with Gasteiger partial charge in [-0.05, 0) is 24.6 Å². The van der Waals surface area contributed by atoms with Crippen LogP contribution in [-0.2, 0) is 9.84 Å². The molecule has 3 nitrogen and oxygen atoms in total. The van der Waals surface area contributed by atoms with Crippen molar-refractivity contribution < 1.29 is 13.5 Å². The third kappa shape index (κ3) is 2.49. The summed E-state index contributed by atoms with van der Waals surface area (Å²) in [5.74, 6) is -0.318. The number of hydrogen-bond donors (Lipinski definition) is 1. The molecule has 1 fully saturated rings. The molecule has 2 aromatic rings. The van der Waals surface area contributed by atoms with Crippen molar-refractivity contribution in [2.45, 2.75) is 23.0 Å². The van der Waals surface area contributed by atoms with Crippen LogP contribution in [0.5, 0.6) is 0 Å². The molecule has 1 aliphatic rings. The van der Waals surface area contributed by atoms with Gasteiger partial charge in [-0.1, -0.05) is 48.0 Å². The van der Waals surface area contributed by atoms with Crippen LogP contribution >= 0.6 is 0 Å². The van der Waals surface area contributed by atoms with E-state index in [-0.39, 0.29) is 18.4 Å². The standard InChI is InChI=1S/C17H18O3S/c1-12-7-9-14(10-8-12)21(19,20)17-15(11-18)16(17)13-5-3-2-4-6-13/h2-10,15-18H,11H2,1H3. The van der Waals surface area contributed by atoms with Gasteiger partial charge in [-0.15, -0.1) is 0 Å². The van der Waals surface area contributed by atoms with Gasteiger partial charge in [0.25, 0.3) is 0 Å². The molecule has 0 aromatic heterocycles. The molecule has 110 valence electrons. The predicted octanol–water partition coefficient (Wildman–Crippen LogP) is 2.54. The maximum atomic E-state index is 12.7. The summed E-state index contributed by atoms with van der Waals surface area (Å²) in [5, 5.41) is 8.98. The minimum atomic E-state index is -3.40. The summed E-state index contributed by atoms with van der Waals surface area (Å²) in [4.78, 5) is 0.343. The van der Waals surface area contributed by atoms with Gasteiger partial charge in [-0.3, -0.25) is 0 Å². The Morgan fingerprint density at radius 1 is 1.00 bits per heavy atom. The van der Waals surface area contributed by atoms with Crippen molar-refractivity contribution in [3.63, 3.8) is 0 Å². The molecule has 0 amide bonds. The van der Waals surface area contributed by atoms with Gasteiger partial charge in [0.1, 0.15) is 0 Å². The first-order valence-corrected chi connectivity index (χ1v) is 8.56. The summed E-state index contributed by atoms with van der Waals surface area (Å²) >= 11 is 0. The van der Waals surface area contributed by atoms with Crippen LogP contribution in [0, 0.1) is 12.8 Å². The molecule has 0 aliphatic heterocycles. The summed E-state index contributed by atoms with van der Waals surface area (Å²) < 4.78 is 25.5. The molecule has 3 unspecified atom stereocenters. The summed E-state index contributed by atoms with van der Waals surface area (Å²) in [6, 6.07) is 16.5. The Kier molecular flexibility index (Phi) is 3.59. The van der Waals surface area contributed by atoms with Crippen molar-refractivity contribution in [1.29, 1.82) is 0 Å². The van der Waals surface area contributed by atoms with E-state index in [0.717, 1.165) is 11.1 Å². The smallest absolute Gasteiger partial charge is 0.182 e. The lowest BCUT2D eigenvalue weighted by Gasteiger charge is -2.05. The molecule has 21 heavy (non-hydrogen) atoms. The van der Waals surface area contributed by atoms with Gasteiger partial charge in [-0.2, -0.15) is 0 Å². The molecule has 3 atom stereocenters. The zero-order valence-electron chi connectivity index (χ0n) is 11.8. The van der Waals surface area contributed by atoms with Crippen LogP contribution in [0.2, 0.25) is 0 Å². The molecule has 3 rings (SSSR count). The Hall–Kier alpha value is -1.65. The van der Waals surface area contributed by atoms with Gasteiger partial charge in [-0.25, -0.2) is 8.42 Å². The van der Waals surface area contributed by atoms with E-state index >= 15 is 0 Å². The van der Waals surface area contributed by atoms with Crippen LogP contribution in [0.25, 0.3) is 0 Å². The second-order valence-electron chi connectivity index (χ2n) is 5.61. The van der Waals surface area contributed by atoms with Gasteiger partial charge in [0, 0.05) is 18.4 Å². The van der Waals surface area contributed by atoms with E-state index in [1.165, 1.54) is 0 Å². The fraction of sp³-hybridized carbons (Fsp3) is 0.294. The summed E-state index contributed by atoms with van der Waals surface area (Å²) in [7, 11) is -3.40. The zero-order chi connectivity index (χ0) is 15.0. The quantitative estimate of drug-likeness (QED) is 0.944. The first-order valence-electron chi connectivity index (χ1n) is 7.02. The predicted molar refractivity (Wildman–Crippen MR) is 81.9 cm³/mol. The second-order valence-corrected chi connectivity index (χ2v) is 7.71. The number of benzene rings is 2. The fourth-order valence-electron chi connectivity index (χ4n) is 2.98. The Balaban J connectivity index is 1.94. The Labute approximate surface area is 125 Å². The van der Waals surface area contributed by atoms with Gasteiger partial charge in [0.15, 0.2) is 9.84 Å². The maximum absolute atomic E-state index is 12.7. The van der Waals surface area contributed by atoms with Crippen LogP contribution in [0.3, 0.4) is 0 Å². The number of aliphatic hydroxyl groups excluding tert-OH is 1. The number of hydrogen-bond acceptors (Lipinski definition) is 3. The van der Waals surface area contributed by atoms with Crippen molar-refractivity contribution in [3.8, 4) is 0 Å². The molecular formula is C17H18O3S. The monoisotopic (exact) mass is 302 g/mol. The highest BCUT2D eigenvalue weighted by molar-refractivity contribution is 7.92. The molecule has 1 saturated carbocycles. The van der Waals surface area contributed by atoms with Crippen molar-refractivity contribution >= 4 is 9.84 Å². The average Bonchev–Trinajstić information content (AvgIpc) is 3.24. The van der Waals surface area contributed by atoms with Gasteiger partial charge >= 0.3 is 0 Å². The number of aliphatic hydroxyl groups is 1. The van der Waals surface area contributed by atoms with Crippen molar-refractivity contribution in [2.75, 3.05) is 6.61 Å². The van der Waals surface area contributed by atoms with Gasteiger partial charge in [0.05, 0.1) is 10.1 Å². The maximum Gasteiger partial charge on any atom is 0.182 e. The highest BCUT2D eigenvalue weighted by Gasteiger charge is 2.58. The van der Waals surface area contributed by atoms with Crippen LogP contribution in [0.1, 0.15) is 17.0 Å². The number of rotatable bonds is 4.